The molecule has 2 aromatic rings. The Morgan fingerprint density at radius 1 is 1.33 bits per heavy atom. The zero-order valence-corrected chi connectivity index (χ0v) is 8.74. The number of hydrogen-bond donors (Lipinski definition) is 2. The minimum absolute atomic E-state index is 0. The fourth-order valence-corrected chi connectivity index (χ4v) is 1.33. The number of nitrogens with two attached hydrogens (primary N) is 1. The number of para-hydroxylation sites is 1. The molecular formula is C10H11ClN4. The SMILES string of the molecule is Cl.N=C(N)c1ccccc1-n1ccnc1. The van der Waals surface area contributed by atoms with E-state index in [-0.39, 0.29) is 18.2 Å². The van der Waals surface area contributed by atoms with Crippen molar-refractivity contribution in [1.82, 2.24) is 9.55 Å². The number of amidine groups is 1. The number of nitrogen functional groups attached to an aromatic ring is 1. The summed E-state index contributed by atoms with van der Waals surface area (Å²) in [6.45, 7) is 0. The molecule has 5 heteroatoms. The average Bonchev–Trinajstić information content (AvgIpc) is 2.70. The minimum atomic E-state index is 0. The van der Waals surface area contributed by atoms with Crippen LogP contribution in [0.25, 0.3) is 5.69 Å². The van der Waals surface area contributed by atoms with Crippen LogP contribution in [0.2, 0.25) is 0 Å². The van der Waals surface area contributed by atoms with Gasteiger partial charge in [0.05, 0.1) is 12.0 Å². The van der Waals surface area contributed by atoms with Crippen molar-refractivity contribution in [2.75, 3.05) is 0 Å². The molecule has 0 amide bonds. The van der Waals surface area contributed by atoms with Gasteiger partial charge in [-0.3, -0.25) is 5.41 Å². The lowest BCUT2D eigenvalue weighted by atomic mass is 10.1. The van der Waals surface area contributed by atoms with Crippen LogP contribution in [0.5, 0.6) is 0 Å². The molecule has 0 fully saturated rings. The summed E-state index contributed by atoms with van der Waals surface area (Å²) in [4.78, 5) is 3.95. The zero-order chi connectivity index (χ0) is 9.97. The van der Waals surface area contributed by atoms with E-state index in [1.54, 1.807) is 12.5 Å². The summed E-state index contributed by atoms with van der Waals surface area (Å²) in [7, 11) is 0. The first-order valence-electron chi connectivity index (χ1n) is 4.21. The highest BCUT2D eigenvalue weighted by Crippen LogP contribution is 2.12. The van der Waals surface area contributed by atoms with Crippen molar-refractivity contribution in [1.29, 1.82) is 5.41 Å². The van der Waals surface area contributed by atoms with Crippen LogP contribution in [-0.2, 0) is 0 Å². The van der Waals surface area contributed by atoms with Crippen LogP contribution < -0.4 is 5.73 Å². The predicted molar refractivity (Wildman–Crippen MR) is 61.8 cm³/mol. The fourth-order valence-electron chi connectivity index (χ4n) is 1.33. The van der Waals surface area contributed by atoms with E-state index in [1.807, 2.05) is 35.0 Å². The van der Waals surface area contributed by atoms with Crippen LogP contribution in [0.15, 0.2) is 43.0 Å². The van der Waals surface area contributed by atoms with Crippen molar-refractivity contribution in [2.45, 2.75) is 0 Å². The van der Waals surface area contributed by atoms with Gasteiger partial charge in [-0.05, 0) is 12.1 Å². The van der Waals surface area contributed by atoms with Gasteiger partial charge in [0.1, 0.15) is 5.84 Å². The normalized spacial score (nSPS) is 9.33. The molecule has 0 aliphatic carbocycles. The van der Waals surface area contributed by atoms with Crippen molar-refractivity contribution in [3.63, 3.8) is 0 Å². The van der Waals surface area contributed by atoms with Gasteiger partial charge in [0.25, 0.3) is 0 Å². The summed E-state index contributed by atoms with van der Waals surface area (Å²) >= 11 is 0. The van der Waals surface area contributed by atoms with Crippen LogP contribution in [0.4, 0.5) is 0 Å². The molecule has 1 aromatic carbocycles. The fraction of sp³-hybridized carbons (Fsp3) is 0. The number of aromatic nitrogens is 2. The van der Waals surface area contributed by atoms with Gasteiger partial charge in [0.2, 0.25) is 0 Å². The number of nitrogens with one attached hydrogen (secondary N) is 1. The molecule has 4 nitrogen and oxygen atoms in total. The molecular weight excluding hydrogens is 212 g/mol. The van der Waals surface area contributed by atoms with Crippen LogP contribution in [0.1, 0.15) is 5.56 Å². The number of halogens is 1. The highest BCUT2D eigenvalue weighted by Gasteiger charge is 2.04. The van der Waals surface area contributed by atoms with Gasteiger partial charge < -0.3 is 10.3 Å². The van der Waals surface area contributed by atoms with Crippen molar-refractivity contribution in [3.8, 4) is 5.69 Å². The number of nitrogens with zero attached hydrogens (tertiary/aromatic N) is 2. The Bertz CT molecular complexity index is 450. The molecule has 15 heavy (non-hydrogen) atoms. The molecule has 0 atom stereocenters. The summed E-state index contributed by atoms with van der Waals surface area (Å²) in [6.07, 6.45) is 5.19. The molecule has 0 saturated heterocycles. The monoisotopic (exact) mass is 222 g/mol. The van der Waals surface area contributed by atoms with E-state index >= 15 is 0 Å². The van der Waals surface area contributed by atoms with E-state index in [2.05, 4.69) is 4.98 Å². The summed E-state index contributed by atoms with van der Waals surface area (Å²) in [5.74, 6) is 0.0642. The van der Waals surface area contributed by atoms with Crippen LogP contribution >= 0.6 is 12.4 Å². The standard InChI is InChI=1S/C10H10N4.ClH/c11-10(12)8-3-1-2-4-9(8)14-6-5-13-7-14;/h1-7H,(H3,11,12);1H. The maximum absolute atomic E-state index is 7.42. The number of imidazole rings is 1. The number of hydrogen-bond acceptors (Lipinski definition) is 2. The highest BCUT2D eigenvalue weighted by atomic mass is 35.5. The minimum Gasteiger partial charge on any atom is -0.384 e. The van der Waals surface area contributed by atoms with Crippen LogP contribution in [0.3, 0.4) is 0 Å². The molecule has 2 rings (SSSR count). The quantitative estimate of drug-likeness (QED) is 0.599. The maximum Gasteiger partial charge on any atom is 0.124 e. The second-order valence-corrected chi connectivity index (χ2v) is 2.90. The van der Waals surface area contributed by atoms with E-state index in [1.165, 1.54) is 0 Å². The molecule has 0 saturated carbocycles. The first-order valence-corrected chi connectivity index (χ1v) is 4.21. The van der Waals surface area contributed by atoms with E-state index in [4.69, 9.17) is 11.1 Å². The molecule has 0 bridgehead atoms. The third-order valence-corrected chi connectivity index (χ3v) is 1.98. The second-order valence-electron chi connectivity index (χ2n) is 2.90. The molecule has 0 aliphatic rings. The van der Waals surface area contributed by atoms with Gasteiger partial charge >= 0.3 is 0 Å². The average molecular weight is 223 g/mol. The van der Waals surface area contributed by atoms with Gasteiger partial charge in [-0.15, -0.1) is 12.4 Å². The molecule has 0 unspecified atom stereocenters. The summed E-state index contributed by atoms with van der Waals surface area (Å²) in [6, 6.07) is 7.48. The van der Waals surface area contributed by atoms with Gasteiger partial charge in [-0.2, -0.15) is 0 Å². The molecule has 0 aliphatic heterocycles. The second kappa shape index (κ2) is 4.61. The Labute approximate surface area is 93.7 Å². The summed E-state index contributed by atoms with van der Waals surface area (Å²) in [5, 5.41) is 7.42. The maximum atomic E-state index is 7.42. The lowest BCUT2D eigenvalue weighted by Gasteiger charge is -2.07. The highest BCUT2D eigenvalue weighted by molar-refractivity contribution is 5.98. The first kappa shape index (κ1) is 11.3. The van der Waals surface area contributed by atoms with Gasteiger partial charge in [-0.1, -0.05) is 12.1 Å². The van der Waals surface area contributed by atoms with Crippen molar-refractivity contribution >= 4 is 18.2 Å². The zero-order valence-electron chi connectivity index (χ0n) is 7.92. The van der Waals surface area contributed by atoms with Gasteiger partial charge in [0.15, 0.2) is 0 Å². The molecule has 0 radical (unpaired) electrons. The summed E-state index contributed by atoms with van der Waals surface area (Å²) < 4.78 is 1.83. The van der Waals surface area contributed by atoms with E-state index in [9.17, 15) is 0 Å². The van der Waals surface area contributed by atoms with Gasteiger partial charge in [0, 0.05) is 18.0 Å². The molecule has 3 N–H and O–H groups in total. The lowest BCUT2D eigenvalue weighted by molar-refractivity contribution is 1.05. The number of benzene rings is 1. The molecule has 0 spiro atoms. The van der Waals surface area contributed by atoms with Crippen molar-refractivity contribution in [2.24, 2.45) is 5.73 Å². The molecule has 1 heterocycles. The third kappa shape index (κ3) is 2.16. The van der Waals surface area contributed by atoms with Gasteiger partial charge in [-0.25, -0.2) is 4.98 Å². The Kier molecular flexibility index (Phi) is 3.46. The Morgan fingerprint density at radius 2 is 2.07 bits per heavy atom. The Hall–Kier alpha value is -1.81. The van der Waals surface area contributed by atoms with E-state index < -0.39 is 0 Å². The predicted octanol–water partition coefficient (Wildman–Crippen LogP) is 1.58. The lowest BCUT2D eigenvalue weighted by Crippen LogP contribution is -2.14. The Morgan fingerprint density at radius 3 is 2.67 bits per heavy atom. The van der Waals surface area contributed by atoms with Crippen LogP contribution in [0, 0.1) is 5.41 Å². The third-order valence-electron chi connectivity index (χ3n) is 1.98. The van der Waals surface area contributed by atoms with Crippen molar-refractivity contribution < 1.29 is 0 Å². The smallest absolute Gasteiger partial charge is 0.124 e. The van der Waals surface area contributed by atoms with Crippen molar-refractivity contribution in [3.05, 3.63) is 48.5 Å². The van der Waals surface area contributed by atoms with E-state index in [0.717, 1.165) is 5.69 Å². The summed E-state index contributed by atoms with van der Waals surface area (Å²) in [5.41, 5.74) is 7.06. The molecule has 78 valence electrons. The molecule has 1 aromatic heterocycles. The Balaban J connectivity index is 0.00000112. The topological polar surface area (TPSA) is 67.7 Å². The number of rotatable bonds is 2. The first-order chi connectivity index (χ1) is 6.79. The van der Waals surface area contributed by atoms with Crippen LogP contribution in [-0.4, -0.2) is 15.4 Å². The largest absolute Gasteiger partial charge is 0.384 e. The van der Waals surface area contributed by atoms with E-state index in [0.29, 0.717) is 5.56 Å².